The van der Waals surface area contributed by atoms with E-state index in [1.807, 2.05) is 0 Å². The molecule has 1 aromatic heterocycles. The molecular formula is C25H29NO3. The molecule has 152 valence electrons. The van der Waals surface area contributed by atoms with Gasteiger partial charge in [-0.1, -0.05) is 24.6 Å². The van der Waals surface area contributed by atoms with Crippen molar-refractivity contribution in [1.29, 1.82) is 0 Å². The third-order valence-corrected chi connectivity index (χ3v) is 5.95. The molecule has 0 atom stereocenters. The largest absolute Gasteiger partial charge is 0.490 e. The number of benzene rings is 2. The molecule has 1 aliphatic carbocycles. The van der Waals surface area contributed by atoms with Crippen LogP contribution in [0.15, 0.2) is 48.7 Å². The molecule has 1 heterocycles. The Labute approximate surface area is 172 Å². The number of fused-ring (bicyclic) bond motifs is 1. The van der Waals surface area contributed by atoms with E-state index in [9.17, 15) is 4.79 Å². The van der Waals surface area contributed by atoms with Crippen molar-refractivity contribution in [2.75, 3.05) is 7.11 Å². The van der Waals surface area contributed by atoms with Crippen LogP contribution in [-0.4, -0.2) is 23.8 Å². The molecule has 2 aromatic carbocycles. The Hall–Kier alpha value is -2.75. The Kier molecular flexibility index (Phi) is 5.89. The third kappa shape index (κ3) is 4.31. The lowest BCUT2D eigenvalue weighted by molar-refractivity contribution is -0.140. The summed E-state index contributed by atoms with van der Waals surface area (Å²) in [5, 5.41) is 1.22. The van der Waals surface area contributed by atoms with Crippen LogP contribution in [0.4, 0.5) is 0 Å². The van der Waals surface area contributed by atoms with Gasteiger partial charge >= 0.3 is 5.97 Å². The number of esters is 1. The maximum absolute atomic E-state index is 11.6. The molecule has 0 radical (unpaired) electrons. The SMILES string of the molecule is COC(=O)CCc1ccc(OC2CCCCC2)c(-c2cccc3c2ccn3C)c1. The second kappa shape index (κ2) is 8.73. The van der Waals surface area contributed by atoms with Gasteiger partial charge in [-0.05, 0) is 67.5 Å². The Morgan fingerprint density at radius 3 is 2.69 bits per heavy atom. The lowest BCUT2D eigenvalue weighted by Gasteiger charge is -2.25. The summed E-state index contributed by atoms with van der Waals surface area (Å²) in [5.74, 6) is 0.759. The van der Waals surface area contributed by atoms with Gasteiger partial charge in [0, 0.05) is 36.1 Å². The predicted octanol–water partition coefficient (Wildman–Crippen LogP) is 5.66. The molecule has 1 fully saturated rings. The smallest absolute Gasteiger partial charge is 0.305 e. The fraction of sp³-hybridized carbons (Fsp3) is 0.400. The highest BCUT2D eigenvalue weighted by molar-refractivity contribution is 5.97. The number of hydrogen-bond acceptors (Lipinski definition) is 3. The molecule has 4 nitrogen and oxygen atoms in total. The normalized spacial score (nSPS) is 14.8. The standard InChI is InChI=1S/C25H29NO3/c1-26-16-15-21-20(9-6-10-23(21)26)22-17-18(12-14-25(27)28-2)11-13-24(22)29-19-7-4-3-5-8-19/h6,9-11,13,15-17,19H,3-5,7-8,12,14H2,1-2H3. The number of hydrogen-bond donors (Lipinski definition) is 0. The van der Waals surface area contributed by atoms with Crippen molar-refractivity contribution in [2.24, 2.45) is 7.05 Å². The van der Waals surface area contributed by atoms with E-state index < -0.39 is 0 Å². The van der Waals surface area contributed by atoms with Gasteiger partial charge in [-0.25, -0.2) is 0 Å². The van der Waals surface area contributed by atoms with Crippen LogP contribution in [0.3, 0.4) is 0 Å². The quantitative estimate of drug-likeness (QED) is 0.509. The summed E-state index contributed by atoms with van der Waals surface area (Å²) in [6.07, 6.45) is 9.47. The lowest BCUT2D eigenvalue weighted by atomic mass is 9.95. The zero-order valence-corrected chi connectivity index (χ0v) is 17.3. The monoisotopic (exact) mass is 391 g/mol. The summed E-state index contributed by atoms with van der Waals surface area (Å²) < 4.78 is 13.4. The molecule has 0 saturated heterocycles. The highest BCUT2D eigenvalue weighted by Gasteiger charge is 2.19. The molecule has 0 N–H and O–H groups in total. The number of carbonyl (C=O) groups is 1. The molecule has 4 heteroatoms. The first kappa shape index (κ1) is 19.6. The van der Waals surface area contributed by atoms with E-state index in [1.54, 1.807) is 0 Å². The lowest BCUT2D eigenvalue weighted by Crippen LogP contribution is -2.20. The van der Waals surface area contributed by atoms with Crippen LogP contribution in [0.5, 0.6) is 5.75 Å². The summed E-state index contributed by atoms with van der Waals surface area (Å²) in [5.41, 5.74) is 4.60. The summed E-state index contributed by atoms with van der Waals surface area (Å²) in [7, 11) is 3.50. The minimum Gasteiger partial charge on any atom is -0.490 e. The Morgan fingerprint density at radius 1 is 1.07 bits per heavy atom. The Morgan fingerprint density at radius 2 is 1.90 bits per heavy atom. The van der Waals surface area contributed by atoms with Crippen LogP contribution in [0, 0.1) is 0 Å². The van der Waals surface area contributed by atoms with Gasteiger partial charge in [-0.15, -0.1) is 0 Å². The van der Waals surface area contributed by atoms with Crippen LogP contribution < -0.4 is 4.74 Å². The Bertz CT molecular complexity index is 998. The topological polar surface area (TPSA) is 40.5 Å². The van der Waals surface area contributed by atoms with E-state index in [0.717, 1.165) is 29.7 Å². The van der Waals surface area contributed by atoms with E-state index in [2.05, 4.69) is 60.3 Å². The van der Waals surface area contributed by atoms with E-state index in [0.29, 0.717) is 18.9 Å². The van der Waals surface area contributed by atoms with Crippen molar-refractivity contribution in [3.8, 4) is 16.9 Å². The van der Waals surface area contributed by atoms with Crippen LogP contribution in [0.25, 0.3) is 22.0 Å². The molecule has 29 heavy (non-hydrogen) atoms. The third-order valence-electron chi connectivity index (χ3n) is 5.95. The van der Waals surface area contributed by atoms with E-state index in [-0.39, 0.29) is 5.97 Å². The molecule has 3 aromatic rings. The summed E-state index contributed by atoms with van der Waals surface area (Å²) in [6.45, 7) is 0. The van der Waals surface area contributed by atoms with Gasteiger partial charge < -0.3 is 14.0 Å². The van der Waals surface area contributed by atoms with Gasteiger partial charge in [0.1, 0.15) is 5.75 Å². The number of nitrogens with zero attached hydrogens (tertiary/aromatic N) is 1. The summed E-state index contributed by atoms with van der Waals surface area (Å²) in [6, 6.07) is 14.9. The fourth-order valence-corrected chi connectivity index (χ4v) is 4.29. The average Bonchev–Trinajstić information content (AvgIpc) is 3.14. The first-order chi connectivity index (χ1) is 14.2. The summed E-state index contributed by atoms with van der Waals surface area (Å²) >= 11 is 0. The first-order valence-electron chi connectivity index (χ1n) is 10.6. The molecule has 0 unspecified atom stereocenters. The number of rotatable bonds is 6. The molecule has 0 amide bonds. The molecular weight excluding hydrogens is 362 g/mol. The van der Waals surface area contributed by atoms with Gasteiger partial charge in [-0.2, -0.15) is 0 Å². The van der Waals surface area contributed by atoms with Crippen LogP contribution in [0.2, 0.25) is 0 Å². The van der Waals surface area contributed by atoms with Crippen molar-refractivity contribution in [1.82, 2.24) is 4.57 Å². The molecule has 1 saturated carbocycles. The van der Waals surface area contributed by atoms with Crippen molar-refractivity contribution in [3.05, 3.63) is 54.2 Å². The number of ether oxygens (including phenoxy) is 2. The molecule has 0 aliphatic heterocycles. The van der Waals surface area contributed by atoms with Gasteiger partial charge in [0.05, 0.1) is 13.2 Å². The van der Waals surface area contributed by atoms with Crippen LogP contribution in [0.1, 0.15) is 44.1 Å². The maximum atomic E-state index is 11.6. The highest BCUT2D eigenvalue weighted by atomic mass is 16.5. The second-order valence-corrected chi connectivity index (χ2v) is 7.95. The number of aryl methyl sites for hydroxylation is 2. The van der Waals surface area contributed by atoms with E-state index in [1.165, 1.54) is 42.8 Å². The fourth-order valence-electron chi connectivity index (χ4n) is 4.29. The number of aromatic nitrogens is 1. The molecule has 0 spiro atoms. The zero-order valence-electron chi connectivity index (χ0n) is 17.3. The Balaban J connectivity index is 1.73. The maximum Gasteiger partial charge on any atom is 0.305 e. The molecule has 1 aliphatic rings. The van der Waals surface area contributed by atoms with Gasteiger partial charge in [0.25, 0.3) is 0 Å². The average molecular weight is 392 g/mol. The minimum atomic E-state index is -0.181. The summed E-state index contributed by atoms with van der Waals surface area (Å²) in [4.78, 5) is 11.6. The second-order valence-electron chi connectivity index (χ2n) is 7.95. The molecule has 0 bridgehead atoms. The van der Waals surface area contributed by atoms with Crippen molar-refractivity contribution < 1.29 is 14.3 Å². The zero-order chi connectivity index (χ0) is 20.2. The minimum absolute atomic E-state index is 0.181. The predicted molar refractivity (Wildman–Crippen MR) is 116 cm³/mol. The van der Waals surface area contributed by atoms with Crippen molar-refractivity contribution in [3.63, 3.8) is 0 Å². The van der Waals surface area contributed by atoms with Crippen LogP contribution >= 0.6 is 0 Å². The first-order valence-corrected chi connectivity index (χ1v) is 10.6. The van der Waals surface area contributed by atoms with Crippen molar-refractivity contribution >= 4 is 16.9 Å². The molecule has 4 rings (SSSR count). The van der Waals surface area contributed by atoms with Gasteiger partial charge in [0.15, 0.2) is 0 Å². The van der Waals surface area contributed by atoms with E-state index in [4.69, 9.17) is 9.47 Å². The number of carbonyl (C=O) groups excluding carboxylic acids is 1. The van der Waals surface area contributed by atoms with Crippen molar-refractivity contribution in [2.45, 2.75) is 51.0 Å². The van der Waals surface area contributed by atoms with Crippen LogP contribution in [-0.2, 0) is 23.0 Å². The number of methoxy groups -OCH3 is 1. The van der Waals surface area contributed by atoms with E-state index >= 15 is 0 Å². The van der Waals surface area contributed by atoms with Gasteiger partial charge in [-0.3, -0.25) is 4.79 Å². The highest BCUT2D eigenvalue weighted by Crippen LogP contribution is 2.38. The van der Waals surface area contributed by atoms with Gasteiger partial charge in [0.2, 0.25) is 0 Å².